The van der Waals surface area contributed by atoms with Gasteiger partial charge in [-0.25, -0.2) is 0 Å². The summed E-state index contributed by atoms with van der Waals surface area (Å²) in [5.41, 5.74) is 1.28. The Morgan fingerprint density at radius 3 is 2.42 bits per heavy atom. The van der Waals surface area contributed by atoms with Gasteiger partial charge in [0.25, 0.3) is 0 Å². The number of rotatable bonds is 7. The molecule has 1 N–H and O–H groups in total. The van der Waals surface area contributed by atoms with Crippen LogP contribution in [0.25, 0.3) is 0 Å². The minimum atomic E-state index is 0.220. The Labute approximate surface area is 126 Å². The van der Waals surface area contributed by atoms with Crippen LogP contribution in [0.5, 0.6) is 5.75 Å². The molecule has 0 fully saturated rings. The highest BCUT2D eigenvalue weighted by Gasteiger charge is 2.12. The van der Waals surface area contributed by atoms with Crippen molar-refractivity contribution < 1.29 is 4.74 Å². The Bertz CT molecular complexity index is 392. The highest BCUT2D eigenvalue weighted by atomic mass is 79.9. The van der Waals surface area contributed by atoms with Crippen LogP contribution in [-0.4, -0.2) is 12.6 Å². The molecule has 0 bridgehead atoms. The SMILES string of the molecule is CCCNC(C)c1ccc(OC(C)C(C)C)c(Br)c1. The van der Waals surface area contributed by atoms with Crippen LogP contribution in [0.3, 0.4) is 0 Å². The van der Waals surface area contributed by atoms with Gasteiger partial charge in [-0.2, -0.15) is 0 Å². The molecular weight excluding hydrogens is 302 g/mol. The Morgan fingerprint density at radius 1 is 1.21 bits per heavy atom. The zero-order valence-electron chi connectivity index (χ0n) is 12.7. The van der Waals surface area contributed by atoms with Crippen LogP contribution in [0.2, 0.25) is 0 Å². The molecule has 0 aliphatic heterocycles. The van der Waals surface area contributed by atoms with E-state index in [1.165, 1.54) is 5.56 Å². The van der Waals surface area contributed by atoms with Crippen molar-refractivity contribution in [2.24, 2.45) is 5.92 Å². The topological polar surface area (TPSA) is 21.3 Å². The Hall–Kier alpha value is -0.540. The molecule has 1 aromatic carbocycles. The zero-order valence-corrected chi connectivity index (χ0v) is 14.3. The van der Waals surface area contributed by atoms with Gasteiger partial charge in [-0.15, -0.1) is 0 Å². The molecule has 1 rings (SSSR count). The van der Waals surface area contributed by atoms with E-state index in [0.717, 1.165) is 23.2 Å². The van der Waals surface area contributed by atoms with Gasteiger partial charge in [-0.1, -0.05) is 26.8 Å². The van der Waals surface area contributed by atoms with E-state index in [4.69, 9.17) is 4.74 Å². The molecule has 0 heterocycles. The Balaban J connectivity index is 2.74. The normalized spacial score (nSPS) is 14.5. The molecule has 0 saturated heterocycles. The summed E-state index contributed by atoms with van der Waals surface area (Å²) in [4.78, 5) is 0. The zero-order chi connectivity index (χ0) is 14.4. The number of ether oxygens (including phenoxy) is 1. The predicted molar refractivity (Wildman–Crippen MR) is 85.8 cm³/mol. The summed E-state index contributed by atoms with van der Waals surface area (Å²) >= 11 is 3.61. The number of hydrogen-bond donors (Lipinski definition) is 1. The van der Waals surface area contributed by atoms with Gasteiger partial charge in [0.05, 0.1) is 10.6 Å². The largest absolute Gasteiger partial charge is 0.489 e. The molecule has 2 nitrogen and oxygen atoms in total. The van der Waals surface area contributed by atoms with E-state index in [0.29, 0.717) is 12.0 Å². The van der Waals surface area contributed by atoms with Crippen molar-refractivity contribution in [3.63, 3.8) is 0 Å². The minimum absolute atomic E-state index is 0.220. The standard InChI is InChI=1S/C16H26BrNO/c1-6-9-18-12(4)14-7-8-16(15(17)10-14)19-13(5)11(2)3/h7-8,10-13,18H,6,9H2,1-5H3. The molecule has 0 saturated carbocycles. The summed E-state index contributed by atoms with van der Waals surface area (Å²) in [6, 6.07) is 6.71. The van der Waals surface area contributed by atoms with Crippen molar-refractivity contribution in [3.8, 4) is 5.75 Å². The lowest BCUT2D eigenvalue weighted by atomic mass is 10.1. The van der Waals surface area contributed by atoms with Crippen molar-refractivity contribution in [2.45, 2.75) is 53.2 Å². The summed E-state index contributed by atoms with van der Waals surface area (Å²) in [6.45, 7) is 11.9. The number of benzene rings is 1. The minimum Gasteiger partial charge on any atom is -0.489 e. The third kappa shape index (κ3) is 5.15. The first-order chi connectivity index (χ1) is 8.95. The van der Waals surface area contributed by atoms with Gasteiger partial charge in [0.15, 0.2) is 0 Å². The number of halogens is 1. The highest BCUT2D eigenvalue weighted by Crippen LogP contribution is 2.29. The van der Waals surface area contributed by atoms with Gasteiger partial charge in [-0.3, -0.25) is 0 Å². The van der Waals surface area contributed by atoms with Crippen molar-refractivity contribution in [1.82, 2.24) is 5.32 Å². The average molecular weight is 328 g/mol. The maximum Gasteiger partial charge on any atom is 0.133 e. The van der Waals surface area contributed by atoms with Gasteiger partial charge in [0.2, 0.25) is 0 Å². The molecule has 0 amide bonds. The number of hydrogen-bond acceptors (Lipinski definition) is 2. The summed E-state index contributed by atoms with van der Waals surface area (Å²) in [6.07, 6.45) is 1.37. The van der Waals surface area contributed by atoms with Crippen LogP contribution in [-0.2, 0) is 0 Å². The Kier molecular flexibility index (Phi) is 6.87. The molecule has 0 aromatic heterocycles. The van der Waals surface area contributed by atoms with Gasteiger partial charge in [-0.05, 0) is 66.4 Å². The molecular formula is C16H26BrNO. The molecule has 0 aliphatic rings. The molecule has 108 valence electrons. The van der Waals surface area contributed by atoms with Crippen molar-refractivity contribution in [1.29, 1.82) is 0 Å². The quantitative estimate of drug-likeness (QED) is 0.766. The van der Waals surface area contributed by atoms with E-state index in [2.05, 4.69) is 74.1 Å². The molecule has 0 spiro atoms. The molecule has 19 heavy (non-hydrogen) atoms. The average Bonchev–Trinajstić information content (AvgIpc) is 2.37. The Morgan fingerprint density at radius 2 is 1.89 bits per heavy atom. The smallest absolute Gasteiger partial charge is 0.133 e. The summed E-state index contributed by atoms with van der Waals surface area (Å²) in [5, 5.41) is 3.49. The molecule has 0 aliphatic carbocycles. The van der Waals surface area contributed by atoms with Crippen LogP contribution in [0.4, 0.5) is 0 Å². The van der Waals surface area contributed by atoms with E-state index in [-0.39, 0.29) is 6.10 Å². The highest BCUT2D eigenvalue weighted by molar-refractivity contribution is 9.10. The lowest BCUT2D eigenvalue weighted by Crippen LogP contribution is -2.20. The fraction of sp³-hybridized carbons (Fsp3) is 0.625. The van der Waals surface area contributed by atoms with Crippen LogP contribution >= 0.6 is 15.9 Å². The molecule has 2 atom stereocenters. The second-order valence-corrected chi connectivity index (χ2v) is 6.29. The summed E-state index contributed by atoms with van der Waals surface area (Å²) in [7, 11) is 0. The maximum absolute atomic E-state index is 5.96. The third-order valence-electron chi connectivity index (χ3n) is 3.41. The lowest BCUT2D eigenvalue weighted by Gasteiger charge is -2.20. The summed E-state index contributed by atoms with van der Waals surface area (Å²) < 4.78 is 6.99. The van der Waals surface area contributed by atoms with Gasteiger partial charge < -0.3 is 10.1 Å². The van der Waals surface area contributed by atoms with Gasteiger partial charge >= 0.3 is 0 Å². The predicted octanol–water partition coefficient (Wildman–Crippen LogP) is 4.93. The lowest BCUT2D eigenvalue weighted by molar-refractivity contribution is 0.169. The van der Waals surface area contributed by atoms with E-state index in [9.17, 15) is 0 Å². The van der Waals surface area contributed by atoms with Crippen molar-refractivity contribution >= 4 is 15.9 Å². The third-order valence-corrected chi connectivity index (χ3v) is 4.03. The monoisotopic (exact) mass is 327 g/mol. The van der Waals surface area contributed by atoms with Crippen molar-refractivity contribution in [3.05, 3.63) is 28.2 Å². The van der Waals surface area contributed by atoms with E-state index in [1.807, 2.05) is 0 Å². The first-order valence-electron chi connectivity index (χ1n) is 7.15. The van der Waals surface area contributed by atoms with Gasteiger partial charge in [0.1, 0.15) is 5.75 Å². The first-order valence-corrected chi connectivity index (χ1v) is 7.94. The second kappa shape index (κ2) is 7.91. The molecule has 1 aromatic rings. The van der Waals surface area contributed by atoms with Crippen LogP contribution in [0, 0.1) is 5.92 Å². The fourth-order valence-corrected chi connectivity index (χ4v) is 2.19. The molecule has 0 radical (unpaired) electrons. The van der Waals surface area contributed by atoms with Crippen LogP contribution < -0.4 is 10.1 Å². The van der Waals surface area contributed by atoms with Crippen molar-refractivity contribution in [2.75, 3.05) is 6.54 Å². The number of nitrogens with one attached hydrogen (secondary N) is 1. The van der Waals surface area contributed by atoms with Gasteiger partial charge in [0, 0.05) is 6.04 Å². The van der Waals surface area contributed by atoms with E-state index >= 15 is 0 Å². The maximum atomic E-state index is 5.96. The second-order valence-electron chi connectivity index (χ2n) is 5.43. The van der Waals surface area contributed by atoms with Crippen LogP contribution in [0.15, 0.2) is 22.7 Å². The first kappa shape index (κ1) is 16.5. The van der Waals surface area contributed by atoms with E-state index in [1.54, 1.807) is 0 Å². The fourth-order valence-electron chi connectivity index (χ4n) is 1.70. The van der Waals surface area contributed by atoms with Crippen LogP contribution in [0.1, 0.15) is 52.6 Å². The molecule has 3 heteroatoms. The summed E-state index contributed by atoms with van der Waals surface area (Å²) in [5.74, 6) is 1.43. The molecule has 2 unspecified atom stereocenters. The van der Waals surface area contributed by atoms with E-state index < -0.39 is 0 Å².